The lowest BCUT2D eigenvalue weighted by Crippen LogP contribution is -2.38. The summed E-state index contributed by atoms with van der Waals surface area (Å²) in [5.74, 6) is 1.15. The van der Waals surface area contributed by atoms with E-state index < -0.39 is 11.7 Å². The maximum Gasteiger partial charge on any atom is 0.412 e. The highest BCUT2D eigenvalue weighted by molar-refractivity contribution is 5.85. The van der Waals surface area contributed by atoms with Crippen LogP contribution in [0.4, 0.5) is 15.3 Å². The second-order valence-corrected chi connectivity index (χ2v) is 7.37. The van der Waals surface area contributed by atoms with E-state index in [0.717, 1.165) is 6.42 Å². The van der Waals surface area contributed by atoms with Gasteiger partial charge < -0.3 is 20.1 Å². The normalized spacial score (nSPS) is 11.0. The Hall–Kier alpha value is -2.44. The summed E-state index contributed by atoms with van der Waals surface area (Å²) in [6.45, 7) is 11.0. The number of amides is 3. The van der Waals surface area contributed by atoms with E-state index in [4.69, 9.17) is 9.47 Å². The van der Waals surface area contributed by atoms with Gasteiger partial charge in [0.05, 0.1) is 6.54 Å². The van der Waals surface area contributed by atoms with Crippen LogP contribution in [0.3, 0.4) is 0 Å². The minimum Gasteiger partial charge on any atom is -0.492 e. The first-order valence-electron chi connectivity index (χ1n) is 8.90. The fraction of sp³-hybridized carbons (Fsp3) is 0.579. The molecule has 0 unspecified atom stereocenters. The van der Waals surface area contributed by atoms with Crippen LogP contribution < -0.4 is 20.7 Å². The van der Waals surface area contributed by atoms with Crippen molar-refractivity contribution < 1.29 is 19.1 Å². The summed E-state index contributed by atoms with van der Waals surface area (Å²) in [6.07, 6.45) is 0.427. The number of benzene rings is 1. The average molecular weight is 365 g/mol. The molecule has 0 aliphatic carbocycles. The Kier molecular flexibility index (Phi) is 8.75. The van der Waals surface area contributed by atoms with Gasteiger partial charge in [-0.2, -0.15) is 0 Å². The van der Waals surface area contributed by atoms with Crippen molar-refractivity contribution in [3.8, 4) is 5.75 Å². The fourth-order valence-electron chi connectivity index (χ4n) is 1.96. The minimum atomic E-state index is -0.556. The van der Waals surface area contributed by atoms with E-state index in [-0.39, 0.29) is 6.03 Å². The second kappa shape index (κ2) is 10.5. The number of carbonyl (C=O) groups excluding carboxylic acids is 2. The molecule has 0 bridgehead atoms. The molecule has 146 valence electrons. The SMILES string of the molecule is CC(C)CCNC(=O)NCCOc1cccc(NC(=O)OC(C)(C)C)c1. The number of nitrogens with one attached hydrogen (secondary N) is 3. The Labute approximate surface area is 155 Å². The molecule has 0 saturated heterocycles. The summed E-state index contributed by atoms with van der Waals surface area (Å²) in [5.41, 5.74) is 0.0238. The van der Waals surface area contributed by atoms with Crippen molar-refractivity contribution >= 4 is 17.8 Å². The molecule has 0 heterocycles. The van der Waals surface area contributed by atoms with Gasteiger partial charge in [0.25, 0.3) is 0 Å². The molecule has 26 heavy (non-hydrogen) atoms. The van der Waals surface area contributed by atoms with E-state index in [1.165, 1.54) is 0 Å². The van der Waals surface area contributed by atoms with E-state index in [9.17, 15) is 9.59 Å². The highest BCUT2D eigenvalue weighted by Crippen LogP contribution is 2.18. The van der Waals surface area contributed by atoms with Crippen molar-refractivity contribution in [2.45, 2.75) is 46.6 Å². The Morgan fingerprint density at radius 1 is 1.12 bits per heavy atom. The first-order chi connectivity index (χ1) is 12.2. The van der Waals surface area contributed by atoms with Crippen LogP contribution in [0.1, 0.15) is 41.0 Å². The monoisotopic (exact) mass is 365 g/mol. The molecule has 3 N–H and O–H groups in total. The molecule has 0 fully saturated rings. The molecule has 1 aromatic rings. The second-order valence-electron chi connectivity index (χ2n) is 7.37. The first-order valence-corrected chi connectivity index (χ1v) is 8.90. The van der Waals surface area contributed by atoms with Crippen LogP contribution in [0.25, 0.3) is 0 Å². The van der Waals surface area contributed by atoms with Gasteiger partial charge in [-0.15, -0.1) is 0 Å². The summed E-state index contributed by atoms with van der Waals surface area (Å²) in [7, 11) is 0. The maximum absolute atomic E-state index is 11.8. The zero-order valence-electron chi connectivity index (χ0n) is 16.3. The number of urea groups is 1. The van der Waals surface area contributed by atoms with E-state index in [0.29, 0.717) is 37.1 Å². The van der Waals surface area contributed by atoms with Crippen LogP contribution in [0.15, 0.2) is 24.3 Å². The van der Waals surface area contributed by atoms with Crippen molar-refractivity contribution in [3.05, 3.63) is 24.3 Å². The molecule has 0 atom stereocenters. The highest BCUT2D eigenvalue weighted by Gasteiger charge is 2.16. The lowest BCUT2D eigenvalue weighted by atomic mass is 10.1. The molecule has 0 aliphatic rings. The van der Waals surface area contributed by atoms with Crippen molar-refractivity contribution in [1.29, 1.82) is 0 Å². The standard InChI is InChI=1S/C19H31N3O4/c1-14(2)9-10-20-17(23)21-11-12-25-16-8-6-7-15(13-16)22-18(24)26-19(3,4)5/h6-8,13-14H,9-12H2,1-5H3,(H,22,24)(H2,20,21,23). The molecule has 7 heteroatoms. The van der Waals surface area contributed by atoms with E-state index in [1.54, 1.807) is 45.0 Å². The fourth-order valence-corrected chi connectivity index (χ4v) is 1.96. The molecule has 3 amide bonds. The van der Waals surface area contributed by atoms with Crippen LogP contribution in [0, 0.1) is 5.92 Å². The van der Waals surface area contributed by atoms with E-state index in [1.807, 2.05) is 0 Å². The third-order valence-corrected chi connectivity index (χ3v) is 3.14. The average Bonchev–Trinajstić information content (AvgIpc) is 2.49. The summed E-state index contributed by atoms with van der Waals surface area (Å²) in [5, 5.41) is 8.19. The predicted molar refractivity (Wildman–Crippen MR) is 103 cm³/mol. The zero-order chi connectivity index (χ0) is 19.6. The molecule has 0 radical (unpaired) electrons. The highest BCUT2D eigenvalue weighted by atomic mass is 16.6. The van der Waals surface area contributed by atoms with Gasteiger partial charge in [0.15, 0.2) is 0 Å². The Morgan fingerprint density at radius 3 is 2.46 bits per heavy atom. The summed E-state index contributed by atoms with van der Waals surface area (Å²) >= 11 is 0. The maximum atomic E-state index is 11.8. The number of ether oxygens (including phenoxy) is 2. The van der Waals surface area contributed by atoms with Crippen molar-refractivity contribution in [2.24, 2.45) is 5.92 Å². The van der Waals surface area contributed by atoms with Crippen LogP contribution in [-0.4, -0.2) is 37.4 Å². The van der Waals surface area contributed by atoms with Crippen molar-refractivity contribution in [2.75, 3.05) is 25.0 Å². The van der Waals surface area contributed by atoms with Gasteiger partial charge >= 0.3 is 12.1 Å². The zero-order valence-corrected chi connectivity index (χ0v) is 16.3. The Balaban J connectivity index is 2.31. The van der Waals surface area contributed by atoms with E-state index >= 15 is 0 Å². The lowest BCUT2D eigenvalue weighted by molar-refractivity contribution is 0.0636. The quantitative estimate of drug-likeness (QED) is 0.612. The number of rotatable bonds is 8. The molecule has 1 aromatic carbocycles. The van der Waals surface area contributed by atoms with E-state index in [2.05, 4.69) is 29.8 Å². The molecule has 0 aliphatic heterocycles. The molecule has 0 saturated carbocycles. The minimum absolute atomic E-state index is 0.199. The smallest absolute Gasteiger partial charge is 0.412 e. The van der Waals surface area contributed by atoms with Gasteiger partial charge in [-0.1, -0.05) is 19.9 Å². The van der Waals surface area contributed by atoms with Gasteiger partial charge in [0.1, 0.15) is 18.0 Å². The third-order valence-electron chi connectivity index (χ3n) is 3.14. The van der Waals surface area contributed by atoms with Crippen molar-refractivity contribution in [1.82, 2.24) is 10.6 Å². The molecule has 7 nitrogen and oxygen atoms in total. The van der Waals surface area contributed by atoms with Gasteiger partial charge in [-0.05, 0) is 45.2 Å². The van der Waals surface area contributed by atoms with Crippen LogP contribution in [0.2, 0.25) is 0 Å². The Bertz CT molecular complexity index is 582. The van der Waals surface area contributed by atoms with Gasteiger partial charge in [0, 0.05) is 18.3 Å². The number of carbonyl (C=O) groups is 2. The summed E-state index contributed by atoms with van der Waals surface area (Å²) in [4.78, 5) is 23.4. The molecular formula is C19H31N3O4. The number of hydrogen-bond donors (Lipinski definition) is 3. The molecule has 1 rings (SSSR count). The largest absolute Gasteiger partial charge is 0.492 e. The number of anilines is 1. The molecule has 0 aromatic heterocycles. The topological polar surface area (TPSA) is 88.7 Å². The summed E-state index contributed by atoms with van der Waals surface area (Å²) in [6, 6.07) is 6.80. The van der Waals surface area contributed by atoms with Crippen molar-refractivity contribution in [3.63, 3.8) is 0 Å². The van der Waals surface area contributed by atoms with Crippen LogP contribution >= 0.6 is 0 Å². The summed E-state index contributed by atoms with van der Waals surface area (Å²) < 4.78 is 10.8. The van der Waals surface area contributed by atoms with Crippen LogP contribution in [0.5, 0.6) is 5.75 Å². The Morgan fingerprint density at radius 2 is 1.81 bits per heavy atom. The predicted octanol–water partition coefficient (Wildman–Crippen LogP) is 3.76. The lowest BCUT2D eigenvalue weighted by Gasteiger charge is -2.19. The molecule has 0 spiro atoms. The number of hydrogen-bond acceptors (Lipinski definition) is 4. The van der Waals surface area contributed by atoms with Crippen LogP contribution in [-0.2, 0) is 4.74 Å². The van der Waals surface area contributed by atoms with Gasteiger partial charge in [-0.25, -0.2) is 9.59 Å². The third kappa shape index (κ3) is 10.4. The first kappa shape index (κ1) is 21.6. The van der Waals surface area contributed by atoms with Gasteiger partial charge in [0.2, 0.25) is 0 Å². The molecular weight excluding hydrogens is 334 g/mol. The van der Waals surface area contributed by atoms with Gasteiger partial charge in [-0.3, -0.25) is 5.32 Å².